The predicted octanol–water partition coefficient (Wildman–Crippen LogP) is 5.60. The monoisotopic (exact) mass is 568 g/mol. The molecule has 40 heavy (non-hydrogen) atoms. The second-order valence-electron chi connectivity index (χ2n) is 10.5. The zero-order valence-electron chi connectivity index (χ0n) is 22.3. The number of para-hydroxylation sites is 2. The molecule has 0 radical (unpaired) electrons. The van der Waals surface area contributed by atoms with Crippen LogP contribution in [0, 0.1) is 12.8 Å². The Bertz CT molecular complexity index is 1570. The molecular formula is C29H31ClF2N6O2. The van der Waals surface area contributed by atoms with Crippen LogP contribution in [0.2, 0.25) is 5.02 Å². The number of hydrogen-bond acceptors (Lipinski definition) is 5. The molecule has 3 heterocycles. The number of rotatable bonds is 8. The van der Waals surface area contributed by atoms with Gasteiger partial charge in [0.15, 0.2) is 0 Å². The van der Waals surface area contributed by atoms with Crippen LogP contribution in [0.1, 0.15) is 48.7 Å². The molecule has 1 aliphatic carbocycles. The van der Waals surface area contributed by atoms with E-state index in [0.717, 1.165) is 43.6 Å². The Morgan fingerprint density at radius 3 is 2.48 bits per heavy atom. The van der Waals surface area contributed by atoms with Crippen molar-refractivity contribution < 1.29 is 13.6 Å². The zero-order valence-corrected chi connectivity index (χ0v) is 23.1. The van der Waals surface area contributed by atoms with E-state index in [1.54, 1.807) is 34.3 Å². The van der Waals surface area contributed by atoms with E-state index in [9.17, 15) is 18.4 Å². The first-order valence-corrected chi connectivity index (χ1v) is 13.7. The fourth-order valence-electron chi connectivity index (χ4n) is 5.25. The molecule has 0 saturated heterocycles. The average Bonchev–Trinajstić information content (AvgIpc) is 3.20. The van der Waals surface area contributed by atoms with E-state index in [0.29, 0.717) is 34.3 Å². The Hall–Kier alpha value is -3.79. The third kappa shape index (κ3) is 6.17. The summed E-state index contributed by atoms with van der Waals surface area (Å²) in [5, 5.41) is 6.15. The van der Waals surface area contributed by atoms with Crippen LogP contribution in [0.25, 0.3) is 16.7 Å². The van der Waals surface area contributed by atoms with E-state index in [4.69, 9.17) is 11.6 Å². The van der Waals surface area contributed by atoms with Gasteiger partial charge < -0.3 is 10.6 Å². The number of carbonyl (C=O) groups is 1. The van der Waals surface area contributed by atoms with Gasteiger partial charge in [0.25, 0.3) is 11.8 Å². The summed E-state index contributed by atoms with van der Waals surface area (Å²) in [6, 6.07) is 12.6. The molecule has 210 valence electrons. The summed E-state index contributed by atoms with van der Waals surface area (Å²) in [6.07, 6.45) is 6.40. The Balaban J connectivity index is 1.28. The van der Waals surface area contributed by atoms with Crippen molar-refractivity contribution in [2.24, 2.45) is 5.92 Å². The van der Waals surface area contributed by atoms with Crippen molar-refractivity contribution >= 4 is 34.4 Å². The average molecular weight is 569 g/mol. The first-order chi connectivity index (χ1) is 19.1. The number of nitrogens with one attached hydrogen (secondary N) is 2. The molecule has 1 aliphatic rings. The van der Waals surface area contributed by atoms with Gasteiger partial charge in [-0.3, -0.25) is 18.9 Å². The number of nitrogens with zero attached hydrogens (tertiary/aromatic N) is 4. The molecule has 0 atom stereocenters. The molecule has 1 saturated carbocycles. The summed E-state index contributed by atoms with van der Waals surface area (Å²) in [4.78, 5) is 34.8. The maximum absolute atomic E-state index is 13.6. The highest BCUT2D eigenvalue weighted by atomic mass is 35.5. The highest BCUT2D eigenvalue weighted by molar-refractivity contribution is 6.30. The SMILES string of the molecule is Cc1ncc(Cl)cc1C(=O)N[C@H]1CC[C@H](Cn2c(=O)n(-c3ccc(NCC(C)(F)F)nc3)c3ccccc32)CC1. The van der Waals surface area contributed by atoms with Gasteiger partial charge in [0.05, 0.1) is 45.7 Å². The predicted molar refractivity (Wildman–Crippen MR) is 152 cm³/mol. The molecule has 1 aromatic carbocycles. The molecule has 2 N–H and O–H groups in total. The van der Waals surface area contributed by atoms with Gasteiger partial charge in [0.2, 0.25) is 0 Å². The zero-order chi connectivity index (χ0) is 28.4. The molecule has 1 fully saturated rings. The van der Waals surface area contributed by atoms with Crippen LogP contribution in [0.5, 0.6) is 0 Å². The number of aromatic nitrogens is 4. The lowest BCUT2D eigenvalue weighted by molar-refractivity contribution is 0.0367. The van der Waals surface area contributed by atoms with Crippen molar-refractivity contribution in [3.63, 3.8) is 0 Å². The van der Waals surface area contributed by atoms with Crippen molar-refractivity contribution in [2.75, 3.05) is 11.9 Å². The van der Waals surface area contributed by atoms with E-state index in [2.05, 4.69) is 20.6 Å². The smallest absolute Gasteiger partial charge is 0.333 e. The first-order valence-electron chi connectivity index (χ1n) is 13.3. The van der Waals surface area contributed by atoms with Gasteiger partial charge in [-0.2, -0.15) is 0 Å². The van der Waals surface area contributed by atoms with Crippen molar-refractivity contribution in [1.82, 2.24) is 24.4 Å². The van der Waals surface area contributed by atoms with Crippen LogP contribution in [-0.4, -0.2) is 43.5 Å². The summed E-state index contributed by atoms with van der Waals surface area (Å²) < 4.78 is 29.8. The van der Waals surface area contributed by atoms with Crippen LogP contribution in [-0.2, 0) is 6.54 Å². The van der Waals surface area contributed by atoms with E-state index in [1.807, 2.05) is 24.3 Å². The number of anilines is 1. The van der Waals surface area contributed by atoms with Crippen LogP contribution in [0.4, 0.5) is 14.6 Å². The Labute approximate surface area is 235 Å². The largest absolute Gasteiger partial charge is 0.364 e. The number of carbonyl (C=O) groups excluding carboxylic acids is 1. The third-order valence-corrected chi connectivity index (χ3v) is 7.55. The van der Waals surface area contributed by atoms with Gasteiger partial charge in [0.1, 0.15) is 5.82 Å². The normalized spacial score (nSPS) is 17.6. The van der Waals surface area contributed by atoms with Crippen molar-refractivity contribution in [3.05, 3.63) is 81.6 Å². The quantitative estimate of drug-likeness (QED) is 0.289. The number of hydrogen-bond donors (Lipinski definition) is 2. The Morgan fingerprint density at radius 2 is 1.80 bits per heavy atom. The van der Waals surface area contributed by atoms with Crippen LogP contribution in [0.15, 0.2) is 59.7 Å². The van der Waals surface area contributed by atoms with Gasteiger partial charge in [-0.05, 0) is 68.9 Å². The lowest BCUT2D eigenvalue weighted by Gasteiger charge is -2.29. The van der Waals surface area contributed by atoms with Crippen LogP contribution < -0.4 is 16.3 Å². The first kappa shape index (κ1) is 27.8. The van der Waals surface area contributed by atoms with Gasteiger partial charge in [0, 0.05) is 25.7 Å². The minimum absolute atomic E-state index is 0.0473. The topological polar surface area (TPSA) is 93.8 Å². The highest BCUT2D eigenvalue weighted by Gasteiger charge is 2.26. The molecule has 0 spiro atoms. The van der Waals surface area contributed by atoms with Crippen LogP contribution in [0.3, 0.4) is 0 Å². The Kier molecular flexibility index (Phi) is 7.89. The maximum Gasteiger partial charge on any atom is 0.333 e. The number of amides is 1. The lowest BCUT2D eigenvalue weighted by atomic mass is 9.85. The molecule has 4 aromatic rings. The molecular weight excluding hydrogens is 538 g/mol. The second-order valence-corrected chi connectivity index (χ2v) is 11.0. The fourth-order valence-corrected chi connectivity index (χ4v) is 5.41. The van der Waals surface area contributed by atoms with Crippen molar-refractivity contribution in [2.45, 2.75) is 58.0 Å². The van der Waals surface area contributed by atoms with E-state index in [-0.39, 0.29) is 23.6 Å². The molecule has 11 heteroatoms. The number of aryl methyl sites for hydroxylation is 1. The van der Waals surface area contributed by atoms with Gasteiger partial charge in [-0.25, -0.2) is 18.6 Å². The number of pyridine rings is 2. The minimum atomic E-state index is -2.86. The molecule has 8 nitrogen and oxygen atoms in total. The number of halogens is 3. The summed E-state index contributed by atoms with van der Waals surface area (Å²) in [5.41, 5.74) is 3.07. The molecule has 0 aliphatic heterocycles. The molecule has 0 bridgehead atoms. The lowest BCUT2D eigenvalue weighted by Crippen LogP contribution is -2.39. The fraction of sp³-hybridized carbons (Fsp3) is 0.379. The van der Waals surface area contributed by atoms with Gasteiger partial charge >= 0.3 is 5.69 Å². The number of fused-ring (bicyclic) bond motifs is 1. The second kappa shape index (κ2) is 11.4. The standard InChI is InChI=1S/C29H31ClF2N6O2/c1-18-23(13-20(30)14-33-18)27(39)36-21-9-7-19(8-10-21)16-37-24-5-3-4-6-25(24)38(28(37)40)22-11-12-26(34-15-22)35-17-29(2,31)32/h3-6,11-15,19,21H,7-10,16-17H2,1-2H3,(H,34,35)(H,36,39)/t19-,21-. The number of alkyl halides is 2. The summed E-state index contributed by atoms with van der Waals surface area (Å²) >= 11 is 6.03. The molecule has 5 rings (SSSR count). The maximum atomic E-state index is 13.6. The minimum Gasteiger partial charge on any atom is -0.364 e. The van der Waals surface area contributed by atoms with E-state index in [1.165, 1.54) is 12.4 Å². The Morgan fingerprint density at radius 1 is 1.07 bits per heavy atom. The van der Waals surface area contributed by atoms with Gasteiger partial charge in [-0.15, -0.1) is 0 Å². The van der Waals surface area contributed by atoms with Crippen LogP contribution >= 0.6 is 11.6 Å². The summed E-state index contributed by atoms with van der Waals surface area (Å²) in [6.45, 7) is 2.65. The number of benzene rings is 1. The van der Waals surface area contributed by atoms with E-state index >= 15 is 0 Å². The van der Waals surface area contributed by atoms with Crippen molar-refractivity contribution in [3.8, 4) is 5.69 Å². The van der Waals surface area contributed by atoms with Crippen molar-refractivity contribution in [1.29, 1.82) is 0 Å². The number of imidazole rings is 1. The summed E-state index contributed by atoms with van der Waals surface area (Å²) in [7, 11) is 0. The summed E-state index contributed by atoms with van der Waals surface area (Å²) in [5.74, 6) is -2.44. The third-order valence-electron chi connectivity index (χ3n) is 7.34. The highest BCUT2D eigenvalue weighted by Crippen LogP contribution is 2.28. The van der Waals surface area contributed by atoms with Gasteiger partial charge in [-0.1, -0.05) is 23.7 Å². The molecule has 1 amide bonds. The molecule has 0 unspecified atom stereocenters. The van der Waals surface area contributed by atoms with E-state index < -0.39 is 12.5 Å². The molecule has 3 aromatic heterocycles.